The van der Waals surface area contributed by atoms with Crippen LogP contribution in [0.4, 0.5) is 0 Å². The summed E-state index contributed by atoms with van der Waals surface area (Å²) in [6.07, 6.45) is 11.6. The third-order valence-electron chi connectivity index (χ3n) is 4.85. The summed E-state index contributed by atoms with van der Waals surface area (Å²) in [6.45, 7) is 14.3. The Morgan fingerprint density at radius 1 is 1.08 bits per heavy atom. The van der Waals surface area contributed by atoms with Gasteiger partial charge < -0.3 is 9.15 Å². The first kappa shape index (κ1) is 22.9. The van der Waals surface area contributed by atoms with E-state index in [-0.39, 0.29) is 17.3 Å². The molecule has 4 heteroatoms. The maximum absolute atomic E-state index is 11.5. The smallest absolute Gasteiger partial charge is 0.226 e. The lowest BCUT2D eigenvalue weighted by molar-refractivity contribution is -0.133. The fraction of sp³-hybridized carbons (Fsp3) is 0.818. The van der Waals surface area contributed by atoms with E-state index in [2.05, 4.69) is 32.7 Å². The van der Waals surface area contributed by atoms with Crippen molar-refractivity contribution in [1.82, 2.24) is 4.98 Å². The third kappa shape index (κ3) is 7.61. The van der Waals surface area contributed by atoms with Crippen LogP contribution in [-0.2, 0) is 10.3 Å². The first-order valence-electron chi connectivity index (χ1n) is 10.2. The van der Waals surface area contributed by atoms with Crippen LogP contribution in [0.25, 0.3) is 0 Å². The van der Waals surface area contributed by atoms with Crippen molar-refractivity contribution in [1.29, 1.82) is 0 Å². The van der Waals surface area contributed by atoms with E-state index >= 15 is 0 Å². The van der Waals surface area contributed by atoms with Gasteiger partial charge in [-0.2, -0.15) is 0 Å². The van der Waals surface area contributed by atoms with E-state index in [1.807, 2.05) is 13.8 Å². The number of Topliss-reactive ketones (excluding diaryl/α,β-unsaturated/α-hetero) is 1. The van der Waals surface area contributed by atoms with E-state index < -0.39 is 5.60 Å². The van der Waals surface area contributed by atoms with Gasteiger partial charge in [0, 0.05) is 6.92 Å². The summed E-state index contributed by atoms with van der Waals surface area (Å²) in [4.78, 5) is 15.8. The number of carbonyl (C=O) groups is 1. The molecule has 0 aliphatic carbocycles. The van der Waals surface area contributed by atoms with E-state index in [1.54, 1.807) is 0 Å². The zero-order valence-electron chi connectivity index (χ0n) is 18.0. The molecule has 0 aliphatic heterocycles. The van der Waals surface area contributed by atoms with Gasteiger partial charge >= 0.3 is 0 Å². The monoisotopic (exact) mass is 365 g/mol. The van der Waals surface area contributed by atoms with Crippen molar-refractivity contribution in [2.24, 2.45) is 5.41 Å². The Balaban J connectivity index is 2.61. The van der Waals surface area contributed by atoms with E-state index in [4.69, 9.17) is 9.15 Å². The standard InChI is InChI=1S/C22H39NO3/c1-8-9-10-11-12-13-14-15-19(21(3,4)5)26-22(6,7)20-23-18(16-25-20)17(2)24/h16,19H,8-15H2,1-7H3. The van der Waals surface area contributed by atoms with Crippen LogP contribution in [-0.4, -0.2) is 16.9 Å². The Morgan fingerprint density at radius 2 is 1.65 bits per heavy atom. The maximum atomic E-state index is 11.5. The zero-order valence-corrected chi connectivity index (χ0v) is 18.0. The van der Waals surface area contributed by atoms with Crippen LogP contribution >= 0.6 is 0 Å². The number of oxazole rings is 1. The number of carbonyl (C=O) groups excluding carboxylic acids is 1. The number of ether oxygens (including phenoxy) is 1. The van der Waals surface area contributed by atoms with Crippen LogP contribution in [0.5, 0.6) is 0 Å². The Hall–Kier alpha value is -1.16. The summed E-state index contributed by atoms with van der Waals surface area (Å²) in [7, 11) is 0. The second-order valence-electron chi connectivity index (χ2n) is 8.99. The number of hydrogen-bond donors (Lipinski definition) is 0. The van der Waals surface area contributed by atoms with Crippen molar-refractivity contribution >= 4 is 5.78 Å². The van der Waals surface area contributed by atoms with Crippen molar-refractivity contribution < 1.29 is 13.9 Å². The Labute approximate surface area is 160 Å². The molecule has 0 aliphatic rings. The Kier molecular flexibility index (Phi) is 9.02. The quantitative estimate of drug-likeness (QED) is 0.306. The summed E-state index contributed by atoms with van der Waals surface area (Å²) in [5, 5.41) is 0. The Bertz CT molecular complexity index is 540. The molecule has 1 atom stereocenters. The molecule has 0 saturated heterocycles. The number of nitrogens with zero attached hydrogens (tertiary/aromatic N) is 1. The second kappa shape index (κ2) is 10.2. The average Bonchev–Trinajstić information content (AvgIpc) is 3.03. The van der Waals surface area contributed by atoms with Gasteiger partial charge in [0.1, 0.15) is 17.6 Å². The van der Waals surface area contributed by atoms with Gasteiger partial charge in [-0.3, -0.25) is 4.79 Å². The number of rotatable bonds is 12. The highest BCUT2D eigenvalue weighted by atomic mass is 16.5. The van der Waals surface area contributed by atoms with Crippen molar-refractivity contribution in [2.45, 2.75) is 112 Å². The molecular formula is C22H39NO3. The van der Waals surface area contributed by atoms with Crippen molar-refractivity contribution in [3.05, 3.63) is 17.8 Å². The van der Waals surface area contributed by atoms with Crippen LogP contribution in [0.15, 0.2) is 10.7 Å². The number of unbranched alkanes of at least 4 members (excludes halogenated alkanes) is 6. The second-order valence-corrected chi connectivity index (χ2v) is 8.99. The normalized spacial score (nSPS) is 13.8. The van der Waals surface area contributed by atoms with Gasteiger partial charge in [0.25, 0.3) is 0 Å². The fourth-order valence-electron chi connectivity index (χ4n) is 3.07. The molecule has 150 valence electrons. The molecule has 1 unspecified atom stereocenters. The summed E-state index contributed by atoms with van der Waals surface area (Å²) < 4.78 is 12.0. The molecule has 0 bridgehead atoms. The molecule has 0 aromatic carbocycles. The molecule has 0 N–H and O–H groups in total. The minimum Gasteiger partial charge on any atom is -0.445 e. The van der Waals surface area contributed by atoms with Gasteiger partial charge in [-0.1, -0.05) is 72.6 Å². The largest absolute Gasteiger partial charge is 0.445 e. The van der Waals surface area contributed by atoms with Gasteiger partial charge in [-0.25, -0.2) is 4.98 Å². The van der Waals surface area contributed by atoms with E-state index in [0.717, 1.165) is 6.42 Å². The topological polar surface area (TPSA) is 52.3 Å². The predicted octanol–water partition coefficient (Wildman–Crippen LogP) is 6.68. The molecule has 0 radical (unpaired) electrons. The van der Waals surface area contributed by atoms with Crippen LogP contribution in [0, 0.1) is 5.41 Å². The highest BCUT2D eigenvalue weighted by Crippen LogP contribution is 2.34. The minimum absolute atomic E-state index is 0.0372. The lowest BCUT2D eigenvalue weighted by Crippen LogP contribution is -2.37. The predicted molar refractivity (Wildman–Crippen MR) is 106 cm³/mol. The molecule has 1 heterocycles. The minimum atomic E-state index is -0.660. The summed E-state index contributed by atoms with van der Waals surface area (Å²) in [5.41, 5.74) is -0.265. The van der Waals surface area contributed by atoms with Crippen molar-refractivity contribution in [3.63, 3.8) is 0 Å². The van der Waals surface area contributed by atoms with Crippen LogP contribution in [0.2, 0.25) is 0 Å². The van der Waals surface area contributed by atoms with E-state index in [0.29, 0.717) is 11.6 Å². The zero-order chi connectivity index (χ0) is 19.8. The molecule has 26 heavy (non-hydrogen) atoms. The van der Waals surface area contributed by atoms with Crippen molar-refractivity contribution in [3.8, 4) is 0 Å². The summed E-state index contributed by atoms with van der Waals surface area (Å²) in [5.74, 6) is 0.378. The highest BCUT2D eigenvalue weighted by Gasteiger charge is 2.35. The molecule has 0 spiro atoms. The van der Waals surface area contributed by atoms with Gasteiger partial charge in [-0.05, 0) is 25.7 Å². The van der Waals surface area contributed by atoms with Crippen LogP contribution < -0.4 is 0 Å². The molecule has 0 saturated carbocycles. The summed E-state index contributed by atoms with van der Waals surface area (Å²) in [6, 6.07) is 0. The number of hydrogen-bond acceptors (Lipinski definition) is 4. The highest BCUT2D eigenvalue weighted by molar-refractivity contribution is 5.91. The molecule has 1 aromatic rings. The molecule has 0 amide bonds. The van der Waals surface area contributed by atoms with Gasteiger partial charge in [0.2, 0.25) is 5.89 Å². The third-order valence-corrected chi connectivity index (χ3v) is 4.85. The maximum Gasteiger partial charge on any atom is 0.226 e. The van der Waals surface area contributed by atoms with Gasteiger partial charge in [0.05, 0.1) is 6.10 Å². The molecule has 1 rings (SSSR count). The van der Waals surface area contributed by atoms with E-state index in [9.17, 15) is 4.79 Å². The lowest BCUT2D eigenvalue weighted by Gasteiger charge is -2.36. The molecule has 1 aromatic heterocycles. The molecular weight excluding hydrogens is 326 g/mol. The van der Waals surface area contributed by atoms with Crippen LogP contribution in [0.1, 0.15) is 116 Å². The summed E-state index contributed by atoms with van der Waals surface area (Å²) >= 11 is 0. The fourth-order valence-corrected chi connectivity index (χ4v) is 3.07. The molecule has 0 fully saturated rings. The SMILES string of the molecule is CCCCCCCCCC(OC(C)(C)c1nc(C(C)=O)co1)C(C)(C)C. The van der Waals surface area contributed by atoms with Crippen molar-refractivity contribution in [2.75, 3.05) is 0 Å². The Morgan fingerprint density at radius 3 is 2.15 bits per heavy atom. The molecule has 4 nitrogen and oxygen atoms in total. The van der Waals surface area contributed by atoms with Gasteiger partial charge in [0.15, 0.2) is 5.78 Å². The lowest BCUT2D eigenvalue weighted by atomic mass is 9.85. The first-order chi connectivity index (χ1) is 12.1. The average molecular weight is 366 g/mol. The van der Waals surface area contributed by atoms with E-state index in [1.165, 1.54) is 58.1 Å². The number of aromatic nitrogens is 1. The van der Waals surface area contributed by atoms with Gasteiger partial charge in [-0.15, -0.1) is 0 Å². The first-order valence-corrected chi connectivity index (χ1v) is 10.2. The number of ketones is 1. The van der Waals surface area contributed by atoms with Crippen LogP contribution in [0.3, 0.4) is 0 Å².